The van der Waals surface area contributed by atoms with Crippen LogP contribution in [0.3, 0.4) is 0 Å². The molecule has 0 fully saturated rings. The van der Waals surface area contributed by atoms with Gasteiger partial charge in [-0.2, -0.15) is 0 Å². The Hall–Kier alpha value is -1.91. The molecule has 0 aromatic heterocycles. The summed E-state index contributed by atoms with van der Waals surface area (Å²) in [5.74, 6) is -0.369. The minimum Gasteiger partial charge on any atom is -0.429 e. The maximum atomic E-state index is 10.7. The van der Waals surface area contributed by atoms with Crippen molar-refractivity contribution in [2.45, 2.75) is 13.0 Å². The molecular formula is C9H9NO4. The van der Waals surface area contributed by atoms with Gasteiger partial charge in [-0.3, -0.25) is 9.59 Å². The Balaban J connectivity index is 2.86. The predicted octanol–water partition coefficient (Wildman–Crippen LogP) is -0.0134. The first kappa shape index (κ1) is 10.2. The molecule has 14 heavy (non-hydrogen) atoms. The van der Waals surface area contributed by atoms with Gasteiger partial charge in [0.25, 0.3) is 0 Å². The molecule has 1 atom stereocenters. The van der Waals surface area contributed by atoms with Crippen molar-refractivity contribution in [1.29, 1.82) is 0 Å². The Morgan fingerprint density at radius 3 is 2.79 bits per heavy atom. The molecule has 0 radical (unpaired) electrons. The molecule has 0 N–H and O–H groups in total. The number of carbonyl (C=O) groups is 3. The average Bonchev–Trinajstić information content (AvgIpc) is 2.16. The summed E-state index contributed by atoms with van der Waals surface area (Å²) in [6.07, 6.45) is 5.45. The number of esters is 1. The van der Waals surface area contributed by atoms with Crippen molar-refractivity contribution in [3.05, 3.63) is 24.1 Å². The molecule has 0 bridgehead atoms. The van der Waals surface area contributed by atoms with E-state index in [1.165, 1.54) is 25.3 Å². The number of hydrogen-bond donors (Lipinski definition) is 0. The third-order valence-electron chi connectivity index (χ3n) is 1.64. The van der Waals surface area contributed by atoms with E-state index in [2.05, 4.69) is 0 Å². The van der Waals surface area contributed by atoms with Gasteiger partial charge >= 0.3 is 5.97 Å². The van der Waals surface area contributed by atoms with Crippen LogP contribution < -0.4 is 0 Å². The van der Waals surface area contributed by atoms with Crippen LogP contribution in [-0.2, 0) is 19.1 Å². The van der Waals surface area contributed by atoms with Gasteiger partial charge in [0.15, 0.2) is 6.29 Å². The van der Waals surface area contributed by atoms with Gasteiger partial charge in [0.1, 0.15) is 11.8 Å². The van der Waals surface area contributed by atoms with Gasteiger partial charge in [-0.15, -0.1) is 0 Å². The van der Waals surface area contributed by atoms with E-state index in [1.807, 2.05) is 0 Å². The summed E-state index contributed by atoms with van der Waals surface area (Å²) >= 11 is 0. The molecule has 0 saturated carbocycles. The number of nitrogens with zero attached hydrogens (tertiary/aromatic N) is 1. The second-order valence-corrected chi connectivity index (χ2v) is 2.64. The molecule has 1 heterocycles. The molecule has 0 aliphatic carbocycles. The van der Waals surface area contributed by atoms with Crippen LogP contribution in [0.2, 0.25) is 0 Å². The number of carbonyl (C=O) groups excluding carboxylic acids is 3. The van der Waals surface area contributed by atoms with E-state index in [1.54, 1.807) is 0 Å². The first-order chi connectivity index (χ1) is 6.69. The normalized spacial score (nSPS) is 19.9. The van der Waals surface area contributed by atoms with E-state index in [0.717, 1.165) is 4.90 Å². The highest BCUT2D eigenvalue weighted by molar-refractivity contribution is 5.73. The van der Waals surface area contributed by atoms with Crippen LogP contribution in [0.25, 0.3) is 0 Å². The van der Waals surface area contributed by atoms with Crippen molar-refractivity contribution in [1.82, 2.24) is 4.90 Å². The number of rotatable bonds is 3. The summed E-state index contributed by atoms with van der Waals surface area (Å²) in [4.78, 5) is 32.9. The molecule has 1 aliphatic heterocycles. The lowest BCUT2D eigenvalue weighted by atomic mass is 10.2. The lowest BCUT2D eigenvalue weighted by molar-refractivity contribution is -0.139. The molecule has 0 aromatic rings. The summed E-state index contributed by atoms with van der Waals surface area (Å²) in [6, 6.07) is -0.846. The molecule has 0 spiro atoms. The van der Waals surface area contributed by atoms with Crippen molar-refractivity contribution in [3.8, 4) is 0 Å². The fourth-order valence-corrected chi connectivity index (χ4v) is 1.07. The molecule has 0 aromatic carbocycles. The highest BCUT2D eigenvalue weighted by Crippen LogP contribution is 2.14. The van der Waals surface area contributed by atoms with Gasteiger partial charge in [0.2, 0.25) is 6.41 Å². The Labute approximate surface area is 80.6 Å². The van der Waals surface area contributed by atoms with Gasteiger partial charge in [-0.1, -0.05) is 0 Å². The summed E-state index contributed by atoms with van der Waals surface area (Å²) in [6.45, 7) is 1.23. The molecule has 1 aliphatic rings. The lowest BCUT2D eigenvalue weighted by Gasteiger charge is -2.24. The number of allylic oxidation sites excluding steroid dienone is 2. The van der Waals surface area contributed by atoms with Crippen molar-refractivity contribution in [2.24, 2.45) is 0 Å². The van der Waals surface area contributed by atoms with Gasteiger partial charge < -0.3 is 14.4 Å². The number of amides is 1. The van der Waals surface area contributed by atoms with Crippen LogP contribution in [0, 0.1) is 0 Å². The van der Waals surface area contributed by atoms with E-state index in [9.17, 15) is 14.4 Å². The van der Waals surface area contributed by atoms with Gasteiger partial charge in [-0.25, -0.2) is 0 Å². The molecule has 1 unspecified atom stereocenters. The average molecular weight is 195 g/mol. The zero-order valence-corrected chi connectivity index (χ0v) is 7.54. The standard InChI is InChI=1S/C9H9NO4/c1-7(13)14-9-3-2-4-10(6-12)8(9)5-11/h2-6,8H,1H3. The van der Waals surface area contributed by atoms with E-state index >= 15 is 0 Å². The summed E-state index contributed by atoms with van der Waals surface area (Å²) in [5, 5.41) is 0. The van der Waals surface area contributed by atoms with E-state index in [4.69, 9.17) is 4.74 Å². The number of ether oxygens (including phenoxy) is 1. The molecule has 5 nitrogen and oxygen atoms in total. The van der Waals surface area contributed by atoms with Crippen LogP contribution in [-0.4, -0.2) is 29.6 Å². The van der Waals surface area contributed by atoms with Crippen molar-refractivity contribution >= 4 is 18.7 Å². The Bertz CT molecular complexity index is 319. The zero-order chi connectivity index (χ0) is 10.6. The highest BCUT2D eigenvalue weighted by Gasteiger charge is 2.23. The fraction of sp³-hybridized carbons (Fsp3) is 0.222. The van der Waals surface area contributed by atoms with Crippen LogP contribution in [0.1, 0.15) is 6.92 Å². The van der Waals surface area contributed by atoms with Gasteiger partial charge in [0.05, 0.1) is 0 Å². The Morgan fingerprint density at radius 1 is 1.57 bits per heavy atom. The largest absolute Gasteiger partial charge is 0.429 e. The van der Waals surface area contributed by atoms with Crippen LogP contribution in [0.4, 0.5) is 0 Å². The van der Waals surface area contributed by atoms with Crippen LogP contribution in [0.5, 0.6) is 0 Å². The number of aldehydes is 1. The minimum atomic E-state index is -0.846. The van der Waals surface area contributed by atoms with Crippen LogP contribution in [0.15, 0.2) is 24.1 Å². The summed E-state index contributed by atoms with van der Waals surface area (Å²) in [5.41, 5.74) is 0. The maximum Gasteiger partial charge on any atom is 0.307 e. The van der Waals surface area contributed by atoms with Gasteiger partial charge in [0, 0.05) is 13.1 Å². The highest BCUT2D eigenvalue weighted by atomic mass is 16.5. The first-order valence-corrected chi connectivity index (χ1v) is 3.94. The van der Waals surface area contributed by atoms with E-state index in [-0.39, 0.29) is 5.76 Å². The molecule has 1 amide bonds. The fourth-order valence-electron chi connectivity index (χ4n) is 1.07. The number of hydrogen-bond acceptors (Lipinski definition) is 4. The van der Waals surface area contributed by atoms with Crippen molar-refractivity contribution in [2.75, 3.05) is 0 Å². The third-order valence-corrected chi connectivity index (χ3v) is 1.64. The molecule has 0 saturated heterocycles. The summed E-state index contributed by atoms with van der Waals surface area (Å²) < 4.78 is 4.77. The van der Waals surface area contributed by atoms with Crippen LogP contribution >= 0.6 is 0 Å². The summed E-state index contributed by atoms with van der Waals surface area (Å²) in [7, 11) is 0. The lowest BCUT2D eigenvalue weighted by Crippen LogP contribution is -2.35. The zero-order valence-electron chi connectivity index (χ0n) is 7.54. The second-order valence-electron chi connectivity index (χ2n) is 2.64. The molecule has 74 valence electrons. The molecule has 1 rings (SSSR count). The maximum absolute atomic E-state index is 10.7. The van der Waals surface area contributed by atoms with Gasteiger partial charge in [-0.05, 0) is 12.2 Å². The topological polar surface area (TPSA) is 63.7 Å². The Kier molecular flexibility index (Phi) is 3.17. The second kappa shape index (κ2) is 4.36. The molecular weight excluding hydrogens is 186 g/mol. The minimum absolute atomic E-state index is 0.155. The predicted molar refractivity (Wildman–Crippen MR) is 46.7 cm³/mol. The molecule has 5 heteroatoms. The third kappa shape index (κ3) is 2.07. The SMILES string of the molecule is CC(=O)OC1=CC=CN(C=O)C1C=O. The first-order valence-electron chi connectivity index (χ1n) is 3.94. The van der Waals surface area contributed by atoms with Crippen molar-refractivity contribution < 1.29 is 19.1 Å². The Morgan fingerprint density at radius 2 is 2.29 bits per heavy atom. The van der Waals surface area contributed by atoms with E-state index in [0.29, 0.717) is 12.7 Å². The van der Waals surface area contributed by atoms with E-state index < -0.39 is 12.0 Å². The smallest absolute Gasteiger partial charge is 0.307 e. The monoisotopic (exact) mass is 195 g/mol. The van der Waals surface area contributed by atoms with Crippen molar-refractivity contribution in [3.63, 3.8) is 0 Å². The quantitative estimate of drug-likeness (QED) is 0.469.